The molecule has 1 aromatic heterocycles. The van der Waals surface area contributed by atoms with Gasteiger partial charge in [0.05, 0.1) is 15.7 Å². The molecule has 1 N–H and O–H groups in total. The van der Waals surface area contributed by atoms with Crippen LogP contribution in [0.5, 0.6) is 0 Å². The second-order valence-electron chi connectivity index (χ2n) is 3.36. The fraction of sp³-hybridized carbons (Fsp3) is 0.200. The molecule has 0 aliphatic rings. The first-order valence-electron chi connectivity index (χ1n) is 4.48. The molecule has 78 valence electrons. The molecule has 0 bridgehead atoms. The summed E-state index contributed by atoms with van der Waals surface area (Å²) in [5.74, 6) is 0. The van der Waals surface area contributed by atoms with Crippen LogP contribution in [0.2, 0.25) is 0 Å². The summed E-state index contributed by atoms with van der Waals surface area (Å²) in [7, 11) is 3.42. The number of hydrogen-bond donors (Lipinski definition) is 1. The van der Waals surface area contributed by atoms with E-state index in [0.717, 1.165) is 15.9 Å². The zero-order chi connectivity index (χ0) is 10.8. The Bertz CT molecular complexity index is 492. The number of fused-ring (bicyclic) bond motifs is 1. The lowest BCUT2D eigenvalue weighted by Crippen LogP contribution is -2.27. The van der Waals surface area contributed by atoms with Crippen LogP contribution in [-0.2, 0) is 0 Å². The molecule has 0 saturated carbocycles. The summed E-state index contributed by atoms with van der Waals surface area (Å²) in [4.78, 5) is 17.1. The van der Waals surface area contributed by atoms with Gasteiger partial charge in [0.15, 0.2) is 0 Å². The van der Waals surface area contributed by atoms with E-state index >= 15 is 0 Å². The van der Waals surface area contributed by atoms with Gasteiger partial charge in [-0.2, -0.15) is 0 Å². The van der Waals surface area contributed by atoms with Crippen LogP contribution in [0.15, 0.2) is 23.7 Å². The first kappa shape index (κ1) is 9.92. The molecule has 2 rings (SSSR count). The maximum atomic E-state index is 11.4. The zero-order valence-corrected chi connectivity index (χ0v) is 9.34. The molecule has 5 heteroatoms. The number of urea groups is 1. The van der Waals surface area contributed by atoms with E-state index < -0.39 is 0 Å². The normalized spacial score (nSPS) is 10.3. The summed E-state index contributed by atoms with van der Waals surface area (Å²) < 4.78 is 1.08. The predicted molar refractivity (Wildman–Crippen MR) is 62.3 cm³/mol. The number of amides is 2. The SMILES string of the molecule is CN(C)C(=O)Nc1ccc2ncsc2c1. The quantitative estimate of drug-likeness (QED) is 0.803. The summed E-state index contributed by atoms with van der Waals surface area (Å²) >= 11 is 1.56. The molecule has 2 aromatic rings. The molecule has 0 fully saturated rings. The maximum absolute atomic E-state index is 11.4. The van der Waals surface area contributed by atoms with Crippen molar-refractivity contribution in [2.45, 2.75) is 0 Å². The molecule has 1 aromatic carbocycles. The molecule has 0 radical (unpaired) electrons. The first-order valence-corrected chi connectivity index (χ1v) is 5.36. The van der Waals surface area contributed by atoms with Gasteiger partial charge in [-0.15, -0.1) is 11.3 Å². The van der Waals surface area contributed by atoms with Gasteiger partial charge in [-0.3, -0.25) is 0 Å². The Morgan fingerprint density at radius 3 is 3.00 bits per heavy atom. The lowest BCUT2D eigenvalue weighted by molar-refractivity contribution is 0.230. The number of thiazole rings is 1. The highest BCUT2D eigenvalue weighted by molar-refractivity contribution is 7.16. The van der Waals surface area contributed by atoms with Crippen LogP contribution in [0.1, 0.15) is 0 Å². The lowest BCUT2D eigenvalue weighted by atomic mass is 10.3. The summed E-state index contributed by atoms with van der Waals surface area (Å²) in [5.41, 5.74) is 3.55. The van der Waals surface area contributed by atoms with Gasteiger partial charge in [0.1, 0.15) is 0 Å². The van der Waals surface area contributed by atoms with Crippen molar-refractivity contribution in [3.05, 3.63) is 23.7 Å². The Labute approximate surface area is 91.5 Å². The third-order valence-corrected chi connectivity index (χ3v) is 2.78. The molecular formula is C10H11N3OS. The van der Waals surface area contributed by atoms with Crippen molar-refractivity contribution >= 4 is 33.3 Å². The number of carbonyl (C=O) groups excluding carboxylic acids is 1. The van der Waals surface area contributed by atoms with Crippen LogP contribution in [-0.4, -0.2) is 30.0 Å². The monoisotopic (exact) mass is 221 g/mol. The van der Waals surface area contributed by atoms with Crippen LogP contribution in [0.25, 0.3) is 10.2 Å². The number of nitrogens with one attached hydrogen (secondary N) is 1. The number of anilines is 1. The van der Waals surface area contributed by atoms with Crippen LogP contribution in [0.3, 0.4) is 0 Å². The van der Waals surface area contributed by atoms with Gasteiger partial charge in [0.2, 0.25) is 0 Å². The van der Waals surface area contributed by atoms with Gasteiger partial charge >= 0.3 is 6.03 Å². The van der Waals surface area contributed by atoms with Gasteiger partial charge in [0, 0.05) is 19.8 Å². The minimum absolute atomic E-state index is 0.126. The number of rotatable bonds is 1. The van der Waals surface area contributed by atoms with E-state index in [1.54, 1.807) is 30.9 Å². The summed E-state index contributed by atoms with van der Waals surface area (Å²) in [6.45, 7) is 0. The molecule has 0 aliphatic heterocycles. The molecule has 1 heterocycles. The van der Waals surface area contributed by atoms with Crippen molar-refractivity contribution < 1.29 is 4.79 Å². The van der Waals surface area contributed by atoms with Gasteiger partial charge in [-0.05, 0) is 18.2 Å². The summed E-state index contributed by atoms with van der Waals surface area (Å²) in [5, 5.41) is 2.79. The van der Waals surface area contributed by atoms with E-state index in [-0.39, 0.29) is 6.03 Å². The average molecular weight is 221 g/mol. The van der Waals surface area contributed by atoms with Crippen molar-refractivity contribution in [2.75, 3.05) is 19.4 Å². The Morgan fingerprint density at radius 2 is 2.27 bits per heavy atom. The lowest BCUT2D eigenvalue weighted by Gasteiger charge is -2.11. The highest BCUT2D eigenvalue weighted by Gasteiger charge is 2.04. The van der Waals surface area contributed by atoms with Crippen LogP contribution in [0, 0.1) is 0 Å². The molecule has 2 amide bonds. The largest absolute Gasteiger partial charge is 0.331 e. The van der Waals surface area contributed by atoms with E-state index in [4.69, 9.17) is 0 Å². The van der Waals surface area contributed by atoms with Crippen LogP contribution in [0.4, 0.5) is 10.5 Å². The van der Waals surface area contributed by atoms with Gasteiger partial charge in [-0.1, -0.05) is 0 Å². The average Bonchev–Trinajstić information content (AvgIpc) is 2.64. The van der Waals surface area contributed by atoms with Crippen molar-refractivity contribution in [1.29, 1.82) is 0 Å². The van der Waals surface area contributed by atoms with Crippen molar-refractivity contribution in [3.8, 4) is 0 Å². The van der Waals surface area contributed by atoms with Crippen LogP contribution < -0.4 is 5.32 Å². The van der Waals surface area contributed by atoms with Crippen molar-refractivity contribution in [2.24, 2.45) is 0 Å². The molecule has 4 nitrogen and oxygen atoms in total. The summed E-state index contributed by atoms with van der Waals surface area (Å²) in [6.07, 6.45) is 0. The Balaban J connectivity index is 2.25. The van der Waals surface area contributed by atoms with Gasteiger partial charge < -0.3 is 10.2 Å². The van der Waals surface area contributed by atoms with Crippen LogP contribution >= 0.6 is 11.3 Å². The standard InChI is InChI=1S/C10H11N3OS/c1-13(2)10(14)12-7-3-4-8-9(5-7)15-6-11-8/h3-6H,1-2H3,(H,12,14). The highest BCUT2D eigenvalue weighted by atomic mass is 32.1. The van der Waals surface area contributed by atoms with E-state index in [2.05, 4.69) is 10.3 Å². The smallest absolute Gasteiger partial charge is 0.321 e. The fourth-order valence-electron chi connectivity index (χ4n) is 1.17. The van der Waals surface area contributed by atoms with Crippen molar-refractivity contribution in [1.82, 2.24) is 9.88 Å². The van der Waals surface area contributed by atoms with E-state index in [9.17, 15) is 4.79 Å². The summed E-state index contributed by atoms with van der Waals surface area (Å²) in [6, 6.07) is 5.55. The van der Waals surface area contributed by atoms with E-state index in [1.165, 1.54) is 4.90 Å². The van der Waals surface area contributed by atoms with Gasteiger partial charge in [0.25, 0.3) is 0 Å². The molecule has 0 unspecified atom stereocenters. The number of carbonyl (C=O) groups is 1. The molecule has 0 atom stereocenters. The molecule has 0 spiro atoms. The second-order valence-corrected chi connectivity index (χ2v) is 4.25. The number of benzene rings is 1. The maximum Gasteiger partial charge on any atom is 0.321 e. The third kappa shape index (κ3) is 2.07. The molecule has 15 heavy (non-hydrogen) atoms. The number of nitrogens with zero attached hydrogens (tertiary/aromatic N) is 2. The minimum Gasteiger partial charge on any atom is -0.331 e. The third-order valence-electron chi connectivity index (χ3n) is 1.99. The first-order chi connectivity index (χ1) is 7.16. The zero-order valence-electron chi connectivity index (χ0n) is 8.52. The van der Waals surface area contributed by atoms with E-state index in [0.29, 0.717) is 0 Å². The number of aromatic nitrogens is 1. The Hall–Kier alpha value is -1.62. The van der Waals surface area contributed by atoms with Crippen molar-refractivity contribution in [3.63, 3.8) is 0 Å². The second kappa shape index (κ2) is 3.86. The Kier molecular flexibility index (Phi) is 2.55. The van der Waals surface area contributed by atoms with Gasteiger partial charge in [-0.25, -0.2) is 9.78 Å². The fourth-order valence-corrected chi connectivity index (χ4v) is 1.88. The minimum atomic E-state index is -0.126. The number of hydrogen-bond acceptors (Lipinski definition) is 3. The molecule has 0 saturated heterocycles. The topological polar surface area (TPSA) is 45.2 Å². The highest BCUT2D eigenvalue weighted by Crippen LogP contribution is 2.21. The molecular weight excluding hydrogens is 210 g/mol. The van der Waals surface area contributed by atoms with E-state index in [1.807, 2.05) is 18.2 Å². The predicted octanol–water partition coefficient (Wildman–Crippen LogP) is 2.39. The molecule has 0 aliphatic carbocycles. The Morgan fingerprint density at radius 1 is 1.47 bits per heavy atom.